The molecule has 2 aromatic rings. The van der Waals surface area contributed by atoms with Gasteiger partial charge in [-0.15, -0.1) is 0 Å². The van der Waals surface area contributed by atoms with Crippen LogP contribution in [0.2, 0.25) is 0 Å². The van der Waals surface area contributed by atoms with Gasteiger partial charge in [0.25, 0.3) is 0 Å². The van der Waals surface area contributed by atoms with Gasteiger partial charge in [-0.1, -0.05) is 0 Å². The van der Waals surface area contributed by atoms with Crippen molar-refractivity contribution in [2.24, 2.45) is 5.73 Å². The molecule has 0 saturated carbocycles. The van der Waals surface area contributed by atoms with Crippen molar-refractivity contribution >= 4 is 73.7 Å². The van der Waals surface area contributed by atoms with Crippen LogP contribution in [0.25, 0.3) is 0 Å². The highest BCUT2D eigenvalue weighted by molar-refractivity contribution is 14.1. The highest BCUT2D eigenvalue weighted by Gasteiger charge is 2.16. The summed E-state index contributed by atoms with van der Waals surface area (Å²) >= 11 is 6.33. The highest BCUT2D eigenvalue weighted by atomic mass is 131. The quantitative estimate of drug-likeness (QED) is 0.422. The van der Waals surface area contributed by atoms with Crippen molar-refractivity contribution in [1.29, 1.82) is 0 Å². The molecule has 4 N–H and O–H groups in total. The number of phenols is 1. The summed E-state index contributed by atoms with van der Waals surface area (Å²) in [6, 6.07) is 7.83. The maximum atomic E-state index is 10.9. The lowest BCUT2D eigenvalue weighted by molar-refractivity contribution is -0.138. The Kier molecular flexibility index (Phi) is 6.74. The summed E-state index contributed by atoms with van der Waals surface area (Å²) in [6.07, 6.45) is 0.263. The van der Waals surface area contributed by atoms with Crippen molar-refractivity contribution in [1.82, 2.24) is 0 Å². The molecule has 0 aliphatic carbocycles. The fourth-order valence-electron chi connectivity index (χ4n) is 1.84. The molecule has 0 radical (unpaired) electrons. The number of hydrogen-bond donors (Lipinski definition) is 3. The van der Waals surface area contributed by atoms with Gasteiger partial charge in [0.2, 0.25) is 0 Å². The molecule has 0 aliphatic heterocycles. The average molecular weight is 663 g/mol. The summed E-state index contributed by atoms with van der Waals surface area (Å²) in [7, 11) is 0. The van der Waals surface area contributed by atoms with Gasteiger partial charge in [0.05, 0.1) is 10.7 Å². The second kappa shape index (κ2) is 8.16. The molecule has 23 heavy (non-hydrogen) atoms. The predicted octanol–water partition coefficient (Wildman–Crippen LogP) is 3.95. The van der Waals surface area contributed by atoms with Gasteiger partial charge in [-0.3, -0.25) is 4.79 Å². The number of carboxylic acid groups (broad SMARTS) is 1. The van der Waals surface area contributed by atoms with Crippen LogP contribution in [-0.2, 0) is 11.2 Å². The zero-order valence-electron chi connectivity index (χ0n) is 11.6. The molecule has 8 heteroatoms. The molecular formula is C15H12I3NO4. The lowest BCUT2D eigenvalue weighted by Crippen LogP contribution is -2.32. The van der Waals surface area contributed by atoms with E-state index in [1.54, 1.807) is 18.2 Å². The second-order valence-electron chi connectivity index (χ2n) is 4.75. The van der Waals surface area contributed by atoms with Crippen LogP contribution < -0.4 is 10.5 Å². The van der Waals surface area contributed by atoms with E-state index in [0.717, 1.165) is 12.7 Å². The van der Waals surface area contributed by atoms with Crippen molar-refractivity contribution < 1.29 is 19.7 Å². The van der Waals surface area contributed by atoms with Gasteiger partial charge in [-0.2, -0.15) is 0 Å². The molecule has 5 nitrogen and oxygen atoms in total. The number of nitrogens with two attached hydrogens (primary N) is 1. The Bertz CT molecular complexity index is 728. The number of ether oxygens (including phenoxy) is 1. The van der Waals surface area contributed by atoms with Crippen molar-refractivity contribution in [3.63, 3.8) is 0 Å². The molecule has 0 amide bonds. The number of carbonyl (C=O) groups is 1. The minimum Gasteiger partial charge on any atom is -0.507 e. The zero-order valence-corrected chi connectivity index (χ0v) is 18.1. The maximum absolute atomic E-state index is 10.9. The average Bonchev–Trinajstić information content (AvgIpc) is 2.46. The number of hydrogen-bond acceptors (Lipinski definition) is 4. The number of phenolic OH excluding ortho intramolecular Hbond substituents is 1. The first kappa shape index (κ1) is 19.0. The van der Waals surface area contributed by atoms with Gasteiger partial charge in [0.1, 0.15) is 17.5 Å². The molecule has 0 heterocycles. The van der Waals surface area contributed by atoms with Crippen molar-refractivity contribution in [3.8, 4) is 17.2 Å². The number of aliphatic carboxylic acids is 1. The van der Waals surface area contributed by atoms with E-state index in [1.165, 1.54) is 0 Å². The summed E-state index contributed by atoms with van der Waals surface area (Å²) in [6.45, 7) is 0. The van der Waals surface area contributed by atoms with Gasteiger partial charge >= 0.3 is 5.97 Å². The smallest absolute Gasteiger partial charge is 0.320 e. The number of rotatable bonds is 5. The monoisotopic (exact) mass is 663 g/mol. The summed E-state index contributed by atoms with van der Waals surface area (Å²) in [5.41, 5.74) is 6.43. The molecule has 2 rings (SSSR count). The largest absolute Gasteiger partial charge is 0.507 e. The van der Waals surface area contributed by atoms with Gasteiger partial charge in [0, 0.05) is 0 Å². The van der Waals surface area contributed by atoms with E-state index in [9.17, 15) is 9.90 Å². The van der Waals surface area contributed by atoms with Crippen molar-refractivity contribution in [3.05, 3.63) is 46.6 Å². The lowest BCUT2D eigenvalue weighted by atomic mass is 10.1. The van der Waals surface area contributed by atoms with E-state index in [-0.39, 0.29) is 12.2 Å². The Morgan fingerprint density at radius 2 is 1.74 bits per heavy atom. The van der Waals surface area contributed by atoms with E-state index in [2.05, 4.69) is 45.2 Å². The molecule has 0 aliphatic rings. The minimum absolute atomic E-state index is 0.209. The van der Waals surface area contributed by atoms with Gasteiger partial charge < -0.3 is 20.7 Å². The molecule has 0 unspecified atom stereocenters. The number of benzene rings is 2. The van der Waals surface area contributed by atoms with Crippen LogP contribution in [0, 0.1) is 10.7 Å². The molecule has 1 atom stereocenters. The molecule has 0 bridgehead atoms. The number of halogens is 3. The molecule has 0 aromatic heterocycles. The van der Waals surface area contributed by atoms with Crippen molar-refractivity contribution in [2.75, 3.05) is 0 Å². The first-order valence-electron chi connectivity index (χ1n) is 6.40. The molecule has 2 aromatic carbocycles. The SMILES string of the molecule is N[C@@H](Cc1cc([131I])c(Oc2ccc(O)c([131I])c2)c([131I])c1)C(=O)O. The highest BCUT2D eigenvalue weighted by Crippen LogP contribution is 2.34. The standard InChI is InChI=1S/C15H12I3NO4/c16-9-6-8(1-2-13(9)20)23-14-10(17)3-7(4-11(14)18)5-12(19)15(21)22/h1-4,6,12,20H,5,19H2,(H,21,22)/t12-/m0/s1/i16+4,17+4,18+4. The zero-order chi connectivity index (χ0) is 17.1. The van der Waals surface area contributed by atoms with Gasteiger partial charge in [-0.05, 0) is 110 Å². The van der Waals surface area contributed by atoms with E-state index >= 15 is 0 Å². The summed E-state index contributed by atoms with van der Waals surface area (Å²) in [5.74, 6) is 0.507. The summed E-state index contributed by atoms with van der Waals surface area (Å²) < 4.78 is 8.34. The Labute approximate surface area is 174 Å². The third-order valence-electron chi connectivity index (χ3n) is 2.97. The molecule has 122 valence electrons. The van der Waals surface area contributed by atoms with Crippen LogP contribution in [0.4, 0.5) is 0 Å². The second-order valence-corrected chi connectivity index (χ2v) is 8.24. The van der Waals surface area contributed by atoms with E-state index in [1.807, 2.05) is 34.7 Å². The molecular weight excluding hydrogens is 651 g/mol. The molecule has 0 fully saturated rings. The molecule has 0 spiro atoms. The van der Waals surface area contributed by atoms with Gasteiger partial charge in [0.15, 0.2) is 5.75 Å². The maximum Gasteiger partial charge on any atom is 0.320 e. The summed E-state index contributed by atoms with van der Waals surface area (Å²) in [4.78, 5) is 10.9. The van der Waals surface area contributed by atoms with E-state index in [0.29, 0.717) is 15.1 Å². The van der Waals surface area contributed by atoms with Crippen molar-refractivity contribution in [2.45, 2.75) is 12.5 Å². The van der Waals surface area contributed by atoms with E-state index < -0.39 is 12.0 Å². The predicted molar refractivity (Wildman–Crippen MR) is 112 cm³/mol. The lowest BCUT2D eigenvalue weighted by Gasteiger charge is -2.13. The molecule has 0 saturated heterocycles. The Morgan fingerprint density at radius 1 is 1.13 bits per heavy atom. The first-order valence-corrected chi connectivity index (χ1v) is 9.64. The fourth-order valence-corrected chi connectivity index (χ4v) is 4.44. The van der Waals surface area contributed by atoms with Crippen LogP contribution in [0.3, 0.4) is 0 Å². The van der Waals surface area contributed by atoms with Crippen LogP contribution in [0.15, 0.2) is 30.3 Å². The fraction of sp³-hybridized carbons (Fsp3) is 0.133. The Balaban J connectivity index is 2.26. The van der Waals surface area contributed by atoms with Crippen LogP contribution in [-0.4, -0.2) is 22.2 Å². The number of aromatic hydroxyl groups is 1. The normalized spacial score (nSPS) is 12.0. The third kappa shape index (κ3) is 5.06. The van der Waals surface area contributed by atoms with Gasteiger partial charge in [-0.25, -0.2) is 0 Å². The Hall–Kier alpha value is -0.340. The Morgan fingerprint density at radius 3 is 2.26 bits per heavy atom. The number of carboxylic acids is 1. The minimum atomic E-state index is -1.02. The van der Waals surface area contributed by atoms with Crippen LogP contribution >= 0.6 is 67.8 Å². The topological polar surface area (TPSA) is 92.8 Å². The van der Waals surface area contributed by atoms with Crippen LogP contribution in [0.5, 0.6) is 17.2 Å². The third-order valence-corrected chi connectivity index (χ3v) is 5.44. The van der Waals surface area contributed by atoms with E-state index in [4.69, 9.17) is 15.6 Å². The summed E-state index contributed by atoms with van der Waals surface area (Å²) in [5, 5.41) is 18.5. The first-order chi connectivity index (χ1) is 10.8. The van der Waals surface area contributed by atoms with Crippen LogP contribution in [0.1, 0.15) is 5.56 Å².